The molecule has 0 spiro atoms. The Labute approximate surface area is 125 Å². The molecule has 0 aromatic heterocycles. The highest BCUT2D eigenvalue weighted by Gasteiger charge is 2.14. The third kappa shape index (κ3) is 3.37. The van der Waals surface area contributed by atoms with E-state index in [2.05, 4.69) is 18.7 Å². The molecule has 110 valence electrons. The molecule has 0 unspecified atom stereocenters. The summed E-state index contributed by atoms with van der Waals surface area (Å²) in [5, 5.41) is 0. The van der Waals surface area contributed by atoms with E-state index in [1.54, 1.807) is 21.3 Å². The number of rotatable bonds is 6. The second-order valence-electron chi connectivity index (χ2n) is 4.68. The van der Waals surface area contributed by atoms with Gasteiger partial charge in [-0.25, -0.2) is 0 Å². The summed E-state index contributed by atoms with van der Waals surface area (Å²) in [6.45, 7) is 4.17. The van der Waals surface area contributed by atoms with E-state index in [0.29, 0.717) is 17.2 Å². The maximum atomic E-state index is 5.37. The molecule has 2 aromatic rings. The Balaban J connectivity index is 2.33. The van der Waals surface area contributed by atoms with Crippen molar-refractivity contribution in [2.45, 2.75) is 6.42 Å². The van der Waals surface area contributed by atoms with Crippen LogP contribution in [0.15, 0.2) is 49.0 Å². The maximum absolute atomic E-state index is 5.37. The van der Waals surface area contributed by atoms with Gasteiger partial charge in [0.1, 0.15) is 0 Å². The minimum Gasteiger partial charge on any atom is -0.493 e. The second kappa shape index (κ2) is 6.84. The lowest BCUT2D eigenvalue weighted by atomic mass is 9.99. The molecule has 0 aliphatic heterocycles. The van der Waals surface area contributed by atoms with Crippen LogP contribution in [0.25, 0.3) is 5.57 Å². The number of benzene rings is 2. The van der Waals surface area contributed by atoms with Crippen molar-refractivity contribution in [2.75, 3.05) is 21.3 Å². The highest BCUT2D eigenvalue weighted by Crippen LogP contribution is 2.40. The van der Waals surface area contributed by atoms with Crippen LogP contribution in [0, 0.1) is 0 Å². The van der Waals surface area contributed by atoms with Crippen LogP contribution in [0.1, 0.15) is 11.1 Å². The van der Waals surface area contributed by atoms with E-state index in [1.165, 1.54) is 5.56 Å². The van der Waals surface area contributed by atoms with E-state index in [0.717, 1.165) is 17.6 Å². The average Bonchev–Trinajstić information content (AvgIpc) is 2.54. The van der Waals surface area contributed by atoms with Crippen molar-refractivity contribution in [1.29, 1.82) is 0 Å². The molecule has 0 radical (unpaired) electrons. The van der Waals surface area contributed by atoms with Crippen molar-refractivity contribution >= 4 is 5.57 Å². The Morgan fingerprint density at radius 3 is 1.95 bits per heavy atom. The highest BCUT2D eigenvalue weighted by molar-refractivity contribution is 5.71. The molecule has 0 heterocycles. The van der Waals surface area contributed by atoms with Crippen molar-refractivity contribution in [1.82, 2.24) is 0 Å². The molecular formula is C18H20O3. The molecule has 2 rings (SSSR count). The van der Waals surface area contributed by atoms with Gasteiger partial charge in [0.05, 0.1) is 21.3 Å². The fraction of sp³-hybridized carbons (Fsp3) is 0.222. The van der Waals surface area contributed by atoms with Gasteiger partial charge in [0, 0.05) is 0 Å². The monoisotopic (exact) mass is 284 g/mol. The van der Waals surface area contributed by atoms with E-state index >= 15 is 0 Å². The standard InChI is InChI=1S/C18H20O3/c1-13(10-14-8-6-5-7-9-14)15-11-16(19-2)18(21-4)17(12-15)20-3/h5-9,11-12H,1,10H2,2-4H3. The van der Waals surface area contributed by atoms with Crippen LogP contribution in [0.5, 0.6) is 17.2 Å². The number of hydrogen-bond donors (Lipinski definition) is 0. The fourth-order valence-corrected chi connectivity index (χ4v) is 2.23. The van der Waals surface area contributed by atoms with Crippen molar-refractivity contribution in [3.05, 3.63) is 60.2 Å². The summed E-state index contributed by atoms with van der Waals surface area (Å²) in [7, 11) is 4.82. The highest BCUT2D eigenvalue weighted by atomic mass is 16.5. The Kier molecular flexibility index (Phi) is 4.88. The van der Waals surface area contributed by atoms with Crippen LogP contribution in [0.4, 0.5) is 0 Å². The summed E-state index contributed by atoms with van der Waals surface area (Å²) >= 11 is 0. The zero-order valence-electron chi connectivity index (χ0n) is 12.7. The second-order valence-corrected chi connectivity index (χ2v) is 4.68. The number of allylic oxidation sites excluding steroid dienone is 1. The molecule has 0 atom stereocenters. The van der Waals surface area contributed by atoms with Crippen LogP contribution < -0.4 is 14.2 Å². The molecule has 3 heteroatoms. The number of ether oxygens (including phenoxy) is 3. The van der Waals surface area contributed by atoms with Crippen LogP contribution in [-0.4, -0.2) is 21.3 Å². The predicted molar refractivity (Wildman–Crippen MR) is 85.3 cm³/mol. The van der Waals surface area contributed by atoms with Gasteiger partial charge < -0.3 is 14.2 Å². The zero-order chi connectivity index (χ0) is 15.2. The molecule has 0 aliphatic rings. The fourth-order valence-electron chi connectivity index (χ4n) is 2.23. The molecule has 0 aliphatic carbocycles. The molecule has 0 N–H and O–H groups in total. The van der Waals surface area contributed by atoms with E-state index in [9.17, 15) is 0 Å². The maximum Gasteiger partial charge on any atom is 0.203 e. The van der Waals surface area contributed by atoms with E-state index < -0.39 is 0 Å². The Hall–Kier alpha value is -2.42. The van der Waals surface area contributed by atoms with Gasteiger partial charge in [-0.3, -0.25) is 0 Å². The van der Waals surface area contributed by atoms with Gasteiger partial charge in [0.15, 0.2) is 11.5 Å². The van der Waals surface area contributed by atoms with Gasteiger partial charge in [-0.05, 0) is 35.3 Å². The molecule has 0 saturated carbocycles. The Morgan fingerprint density at radius 2 is 1.48 bits per heavy atom. The smallest absolute Gasteiger partial charge is 0.203 e. The van der Waals surface area contributed by atoms with Crippen molar-refractivity contribution in [3.63, 3.8) is 0 Å². The quantitative estimate of drug-likeness (QED) is 0.803. The third-order valence-electron chi connectivity index (χ3n) is 3.33. The van der Waals surface area contributed by atoms with Gasteiger partial charge in [-0.1, -0.05) is 36.9 Å². The lowest BCUT2D eigenvalue weighted by Gasteiger charge is -2.15. The molecule has 0 amide bonds. The topological polar surface area (TPSA) is 27.7 Å². The summed E-state index contributed by atoms with van der Waals surface area (Å²) in [6.07, 6.45) is 0.777. The number of methoxy groups -OCH3 is 3. The van der Waals surface area contributed by atoms with Crippen molar-refractivity contribution in [3.8, 4) is 17.2 Å². The van der Waals surface area contributed by atoms with Gasteiger partial charge in [-0.15, -0.1) is 0 Å². The SMILES string of the molecule is C=C(Cc1ccccc1)c1cc(OC)c(OC)c(OC)c1. The first-order chi connectivity index (χ1) is 10.2. The molecule has 3 nitrogen and oxygen atoms in total. The molecule has 0 bridgehead atoms. The van der Waals surface area contributed by atoms with Crippen LogP contribution in [0.3, 0.4) is 0 Å². The largest absolute Gasteiger partial charge is 0.493 e. The van der Waals surface area contributed by atoms with Gasteiger partial charge in [0.2, 0.25) is 5.75 Å². The minimum absolute atomic E-state index is 0.594. The summed E-state index contributed by atoms with van der Waals surface area (Å²) in [5.41, 5.74) is 3.20. The van der Waals surface area contributed by atoms with Crippen LogP contribution in [-0.2, 0) is 6.42 Å². The lowest BCUT2D eigenvalue weighted by molar-refractivity contribution is 0.324. The Bertz CT molecular complexity index is 593. The zero-order valence-corrected chi connectivity index (χ0v) is 12.7. The summed E-state index contributed by atoms with van der Waals surface area (Å²) in [4.78, 5) is 0. The van der Waals surface area contributed by atoms with Gasteiger partial charge in [0.25, 0.3) is 0 Å². The first-order valence-electron chi connectivity index (χ1n) is 6.71. The average molecular weight is 284 g/mol. The summed E-state index contributed by atoms with van der Waals surface area (Å²) in [6, 6.07) is 14.1. The van der Waals surface area contributed by atoms with E-state index in [1.807, 2.05) is 30.3 Å². The van der Waals surface area contributed by atoms with Crippen molar-refractivity contribution in [2.24, 2.45) is 0 Å². The van der Waals surface area contributed by atoms with E-state index in [-0.39, 0.29) is 0 Å². The van der Waals surface area contributed by atoms with E-state index in [4.69, 9.17) is 14.2 Å². The molecular weight excluding hydrogens is 264 g/mol. The molecule has 0 fully saturated rings. The van der Waals surface area contributed by atoms with Crippen LogP contribution in [0.2, 0.25) is 0 Å². The van der Waals surface area contributed by atoms with Crippen LogP contribution >= 0.6 is 0 Å². The third-order valence-corrected chi connectivity index (χ3v) is 3.33. The van der Waals surface area contributed by atoms with Gasteiger partial charge in [-0.2, -0.15) is 0 Å². The van der Waals surface area contributed by atoms with Gasteiger partial charge >= 0.3 is 0 Å². The number of hydrogen-bond acceptors (Lipinski definition) is 3. The first-order valence-corrected chi connectivity index (χ1v) is 6.71. The predicted octanol–water partition coefficient (Wildman–Crippen LogP) is 3.97. The normalized spacial score (nSPS) is 10.0. The van der Waals surface area contributed by atoms with Crippen molar-refractivity contribution < 1.29 is 14.2 Å². The summed E-state index contributed by atoms with van der Waals surface area (Å²) in [5.74, 6) is 1.87. The molecule has 0 saturated heterocycles. The molecule has 2 aromatic carbocycles. The lowest BCUT2D eigenvalue weighted by Crippen LogP contribution is -1.97. The molecule has 21 heavy (non-hydrogen) atoms. The summed E-state index contributed by atoms with van der Waals surface area (Å²) < 4.78 is 16.1. The Morgan fingerprint density at radius 1 is 0.905 bits per heavy atom. The first kappa shape index (κ1) is 15.0. The minimum atomic E-state index is 0.594.